The quantitative estimate of drug-likeness (QED) is 0.701. The Balaban J connectivity index is 3.22. The minimum Gasteiger partial charge on any atom is -0.234 e. The van der Waals surface area contributed by atoms with Crippen LogP contribution in [0.15, 0.2) is 15.9 Å². The first-order valence-corrected chi connectivity index (χ1v) is 5.86. The molecule has 0 aliphatic carbocycles. The van der Waals surface area contributed by atoms with Crippen LogP contribution >= 0.6 is 11.3 Å². The van der Waals surface area contributed by atoms with Gasteiger partial charge in [-0.05, 0) is 20.8 Å². The molecular weight excluding hydrogens is 194 g/mol. The van der Waals surface area contributed by atoms with Crippen LogP contribution < -0.4 is 0 Å². The molecule has 0 N–H and O–H groups in total. The molecule has 3 nitrogen and oxygen atoms in total. The average Bonchev–Trinajstić information content (AvgIpc) is 2.34. The fourth-order valence-corrected chi connectivity index (χ4v) is 3.11. The maximum atomic E-state index is 11.7. The van der Waals surface area contributed by atoms with Crippen molar-refractivity contribution in [2.75, 3.05) is 0 Å². The van der Waals surface area contributed by atoms with Gasteiger partial charge in [0.1, 0.15) is 0 Å². The first kappa shape index (κ1) is 9.67. The van der Waals surface area contributed by atoms with E-state index in [4.69, 9.17) is 0 Å². The summed E-state index contributed by atoms with van der Waals surface area (Å²) in [7, 11) is -3.23. The van der Waals surface area contributed by atoms with Crippen molar-refractivity contribution in [1.29, 1.82) is 0 Å². The van der Waals surface area contributed by atoms with E-state index in [0.29, 0.717) is 0 Å². The van der Waals surface area contributed by atoms with Crippen LogP contribution in [-0.4, -0.2) is 18.1 Å². The molecule has 0 radical (unpaired) electrons. The Morgan fingerprint density at radius 3 is 2.33 bits per heavy atom. The molecule has 1 rings (SSSR count). The third kappa shape index (κ3) is 1.51. The molecule has 0 spiro atoms. The van der Waals surface area contributed by atoms with Gasteiger partial charge in [-0.15, -0.1) is 11.3 Å². The minimum absolute atomic E-state index is 0.204. The van der Waals surface area contributed by atoms with Crippen molar-refractivity contribution in [3.8, 4) is 0 Å². The first-order valence-electron chi connectivity index (χ1n) is 3.50. The molecule has 5 heteroatoms. The number of sulfone groups is 1. The molecule has 0 fully saturated rings. The number of hydrogen-bond acceptors (Lipinski definition) is 4. The van der Waals surface area contributed by atoms with Crippen LogP contribution in [0.4, 0.5) is 0 Å². The van der Waals surface area contributed by atoms with E-state index in [1.54, 1.807) is 26.2 Å². The van der Waals surface area contributed by atoms with Gasteiger partial charge >= 0.3 is 0 Å². The Morgan fingerprint density at radius 1 is 1.42 bits per heavy atom. The second-order valence-electron chi connectivity index (χ2n) is 3.41. The van der Waals surface area contributed by atoms with Crippen LogP contribution in [0, 0.1) is 0 Å². The highest BCUT2D eigenvalue weighted by atomic mass is 32.2. The van der Waals surface area contributed by atoms with E-state index < -0.39 is 14.6 Å². The van der Waals surface area contributed by atoms with Gasteiger partial charge in [0.05, 0.1) is 4.75 Å². The minimum atomic E-state index is -3.23. The number of hydrogen-bond donors (Lipinski definition) is 0. The van der Waals surface area contributed by atoms with Crippen molar-refractivity contribution in [2.45, 2.75) is 29.9 Å². The van der Waals surface area contributed by atoms with Crippen molar-refractivity contribution in [2.24, 2.45) is 0 Å². The fourth-order valence-electron chi connectivity index (χ4n) is 0.605. The highest BCUT2D eigenvalue weighted by Crippen LogP contribution is 2.25. The SMILES string of the molecule is CC(C)(C)S(=O)(=O)c1nccs1. The van der Waals surface area contributed by atoms with Gasteiger partial charge in [0, 0.05) is 11.6 Å². The molecule has 1 aromatic rings. The second kappa shape index (κ2) is 2.81. The van der Waals surface area contributed by atoms with E-state index in [2.05, 4.69) is 4.98 Å². The maximum Gasteiger partial charge on any atom is 0.210 e. The van der Waals surface area contributed by atoms with E-state index in [0.717, 1.165) is 11.3 Å². The van der Waals surface area contributed by atoms with Crippen LogP contribution in [0.25, 0.3) is 0 Å². The summed E-state index contributed by atoms with van der Waals surface area (Å²) in [5.41, 5.74) is 0. The molecule has 12 heavy (non-hydrogen) atoms. The van der Waals surface area contributed by atoms with Gasteiger partial charge in [0.15, 0.2) is 0 Å². The largest absolute Gasteiger partial charge is 0.234 e. The lowest BCUT2D eigenvalue weighted by atomic mass is 10.3. The molecule has 0 aliphatic rings. The molecule has 1 aromatic heterocycles. The third-order valence-electron chi connectivity index (χ3n) is 1.45. The van der Waals surface area contributed by atoms with Gasteiger partial charge in [0.2, 0.25) is 14.2 Å². The van der Waals surface area contributed by atoms with Crippen LogP contribution in [-0.2, 0) is 9.84 Å². The lowest BCUT2D eigenvalue weighted by molar-refractivity contribution is 0.559. The van der Waals surface area contributed by atoms with Crippen molar-refractivity contribution in [1.82, 2.24) is 4.98 Å². The molecular formula is C7H11NO2S2. The molecule has 0 unspecified atom stereocenters. The van der Waals surface area contributed by atoms with Crippen LogP contribution in [0.5, 0.6) is 0 Å². The Morgan fingerprint density at radius 2 is 2.00 bits per heavy atom. The van der Waals surface area contributed by atoms with E-state index in [-0.39, 0.29) is 4.34 Å². The lowest BCUT2D eigenvalue weighted by Gasteiger charge is -2.16. The van der Waals surface area contributed by atoms with E-state index in [1.165, 1.54) is 6.20 Å². The maximum absolute atomic E-state index is 11.7. The second-order valence-corrected chi connectivity index (χ2v) is 7.19. The van der Waals surface area contributed by atoms with Gasteiger partial charge in [0.25, 0.3) is 0 Å². The van der Waals surface area contributed by atoms with Crippen molar-refractivity contribution in [3.63, 3.8) is 0 Å². The summed E-state index contributed by atoms with van der Waals surface area (Å²) in [6, 6.07) is 0. The van der Waals surface area contributed by atoms with Gasteiger partial charge in [-0.3, -0.25) is 0 Å². The zero-order valence-corrected chi connectivity index (χ0v) is 8.87. The standard InChI is InChI=1S/C7H11NO2S2/c1-7(2,3)12(9,10)6-8-4-5-11-6/h4-5H,1-3H3. The van der Waals surface area contributed by atoms with Crippen molar-refractivity contribution >= 4 is 21.2 Å². The van der Waals surface area contributed by atoms with Crippen LogP contribution in [0.3, 0.4) is 0 Å². The zero-order valence-electron chi connectivity index (χ0n) is 7.23. The Hall–Kier alpha value is -0.420. The van der Waals surface area contributed by atoms with E-state index in [1.807, 2.05) is 0 Å². The molecule has 0 bridgehead atoms. The highest BCUT2D eigenvalue weighted by Gasteiger charge is 2.32. The topological polar surface area (TPSA) is 47.0 Å². The fraction of sp³-hybridized carbons (Fsp3) is 0.571. The summed E-state index contributed by atoms with van der Waals surface area (Å²) in [6.45, 7) is 5.01. The summed E-state index contributed by atoms with van der Waals surface area (Å²) < 4.78 is 22.8. The van der Waals surface area contributed by atoms with Crippen molar-refractivity contribution in [3.05, 3.63) is 11.6 Å². The number of nitrogens with zero attached hydrogens (tertiary/aromatic N) is 1. The van der Waals surface area contributed by atoms with Crippen molar-refractivity contribution < 1.29 is 8.42 Å². The Kier molecular flexibility index (Phi) is 2.27. The van der Waals surface area contributed by atoms with Gasteiger partial charge in [-0.2, -0.15) is 0 Å². The normalized spacial score (nSPS) is 13.2. The molecule has 0 aromatic carbocycles. The highest BCUT2D eigenvalue weighted by molar-refractivity contribution is 7.94. The molecule has 1 heterocycles. The van der Waals surface area contributed by atoms with Crippen LogP contribution in [0.1, 0.15) is 20.8 Å². The average molecular weight is 205 g/mol. The Labute approximate surface area is 76.4 Å². The monoisotopic (exact) mass is 205 g/mol. The van der Waals surface area contributed by atoms with Gasteiger partial charge in [-0.1, -0.05) is 0 Å². The lowest BCUT2D eigenvalue weighted by Crippen LogP contribution is -2.27. The molecule has 0 atom stereocenters. The smallest absolute Gasteiger partial charge is 0.210 e. The van der Waals surface area contributed by atoms with Gasteiger partial charge < -0.3 is 0 Å². The van der Waals surface area contributed by atoms with Gasteiger partial charge in [-0.25, -0.2) is 13.4 Å². The summed E-state index contributed by atoms with van der Waals surface area (Å²) in [5.74, 6) is 0. The predicted molar refractivity (Wildman–Crippen MR) is 49.1 cm³/mol. The molecule has 0 saturated heterocycles. The number of rotatable bonds is 1. The summed E-state index contributed by atoms with van der Waals surface area (Å²) in [4.78, 5) is 3.78. The number of aromatic nitrogens is 1. The van der Waals surface area contributed by atoms with E-state index >= 15 is 0 Å². The zero-order chi connectivity index (χ0) is 9.41. The third-order valence-corrected chi connectivity index (χ3v) is 5.14. The summed E-state index contributed by atoms with van der Waals surface area (Å²) in [6.07, 6.45) is 1.50. The van der Waals surface area contributed by atoms with Crippen LogP contribution in [0.2, 0.25) is 0 Å². The summed E-state index contributed by atoms with van der Waals surface area (Å²) >= 11 is 1.16. The molecule has 0 amide bonds. The molecule has 0 aliphatic heterocycles. The Bertz CT molecular complexity index is 345. The van der Waals surface area contributed by atoms with E-state index in [9.17, 15) is 8.42 Å². The molecule has 68 valence electrons. The summed E-state index contributed by atoms with van der Waals surface area (Å²) in [5, 5.41) is 1.67. The first-order chi connectivity index (χ1) is 5.36. The molecule has 0 saturated carbocycles. The predicted octanol–water partition coefficient (Wildman–Crippen LogP) is 1.72. The number of thiazole rings is 1.